The quantitative estimate of drug-likeness (QED) is 0.896. The van der Waals surface area contributed by atoms with Crippen LogP contribution in [0.1, 0.15) is 16.1 Å². The molecule has 1 aromatic heterocycles. The summed E-state index contributed by atoms with van der Waals surface area (Å²) in [4.78, 5) is 29.8. The number of carbonyl (C=O) groups is 1. The third-order valence-corrected chi connectivity index (χ3v) is 3.30. The fraction of sp³-hybridized carbons (Fsp3) is 0.312. The van der Waals surface area contributed by atoms with E-state index in [1.54, 1.807) is 19.1 Å². The van der Waals surface area contributed by atoms with Crippen molar-refractivity contribution >= 4 is 11.6 Å². The second-order valence-corrected chi connectivity index (χ2v) is 5.26. The van der Waals surface area contributed by atoms with Gasteiger partial charge in [0, 0.05) is 50.2 Å². The van der Waals surface area contributed by atoms with Crippen LogP contribution in [0.15, 0.2) is 41.5 Å². The largest absolute Gasteiger partial charge is 0.378 e. The zero-order valence-electron chi connectivity index (χ0n) is 13.0. The van der Waals surface area contributed by atoms with Crippen molar-refractivity contribution in [1.29, 1.82) is 0 Å². The summed E-state index contributed by atoms with van der Waals surface area (Å²) >= 11 is 0. The maximum atomic E-state index is 12.0. The molecule has 116 valence electrons. The molecule has 0 unspecified atom stereocenters. The lowest BCUT2D eigenvalue weighted by Crippen LogP contribution is -2.30. The van der Waals surface area contributed by atoms with Crippen LogP contribution in [0.3, 0.4) is 0 Å². The maximum absolute atomic E-state index is 12.0. The first-order chi connectivity index (χ1) is 10.5. The molecule has 0 saturated heterocycles. The maximum Gasteiger partial charge on any atom is 0.253 e. The predicted octanol–water partition coefficient (Wildman–Crippen LogP) is 1.05. The molecule has 2 rings (SSSR count). The number of benzene rings is 1. The Morgan fingerprint density at radius 2 is 1.95 bits per heavy atom. The van der Waals surface area contributed by atoms with Crippen LogP contribution in [-0.2, 0) is 6.54 Å². The van der Waals surface area contributed by atoms with Crippen molar-refractivity contribution in [3.05, 3.63) is 58.3 Å². The number of aryl methyl sites for hydroxylation is 1. The number of rotatable bonds is 5. The monoisotopic (exact) mass is 300 g/mol. The molecule has 6 heteroatoms. The summed E-state index contributed by atoms with van der Waals surface area (Å²) in [5.41, 5.74) is 2.21. The zero-order valence-corrected chi connectivity index (χ0v) is 13.0. The van der Waals surface area contributed by atoms with Crippen molar-refractivity contribution in [2.75, 3.05) is 25.5 Å². The van der Waals surface area contributed by atoms with Gasteiger partial charge in [-0.3, -0.25) is 14.2 Å². The summed E-state index contributed by atoms with van der Waals surface area (Å²) in [6.45, 7) is 2.54. The Morgan fingerprint density at radius 3 is 2.55 bits per heavy atom. The van der Waals surface area contributed by atoms with Gasteiger partial charge in [0.2, 0.25) is 0 Å². The Balaban J connectivity index is 1.91. The zero-order chi connectivity index (χ0) is 16.1. The van der Waals surface area contributed by atoms with E-state index in [9.17, 15) is 9.59 Å². The number of hydrogen-bond acceptors (Lipinski definition) is 4. The van der Waals surface area contributed by atoms with E-state index in [1.807, 2.05) is 31.1 Å². The molecule has 0 aliphatic carbocycles. The Bertz CT molecular complexity index is 705. The molecule has 2 aromatic rings. The van der Waals surface area contributed by atoms with E-state index in [-0.39, 0.29) is 11.5 Å². The number of nitrogens with zero attached hydrogens (tertiary/aromatic N) is 3. The predicted molar refractivity (Wildman–Crippen MR) is 86.3 cm³/mol. The van der Waals surface area contributed by atoms with Gasteiger partial charge in [0.1, 0.15) is 0 Å². The summed E-state index contributed by atoms with van der Waals surface area (Å²) in [6, 6.07) is 8.82. The molecule has 0 saturated carbocycles. The van der Waals surface area contributed by atoms with Gasteiger partial charge in [-0.15, -0.1) is 0 Å². The van der Waals surface area contributed by atoms with Gasteiger partial charge >= 0.3 is 0 Å². The standard InChI is InChI=1S/C16H20N4O2/c1-12-10-15(21)20(11-18-12)9-8-17-16(22)13-4-6-14(7-5-13)19(2)3/h4-7,10-11H,8-9H2,1-3H3,(H,17,22). The minimum atomic E-state index is -0.154. The van der Waals surface area contributed by atoms with Crippen LogP contribution < -0.4 is 15.8 Å². The number of carbonyl (C=O) groups excluding carboxylic acids is 1. The van der Waals surface area contributed by atoms with Crippen molar-refractivity contribution in [2.24, 2.45) is 0 Å². The lowest BCUT2D eigenvalue weighted by Gasteiger charge is -2.12. The summed E-state index contributed by atoms with van der Waals surface area (Å²) < 4.78 is 1.47. The molecule has 1 aromatic carbocycles. The Hall–Kier alpha value is -2.63. The second kappa shape index (κ2) is 6.89. The lowest BCUT2D eigenvalue weighted by molar-refractivity contribution is 0.0952. The molecule has 6 nitrogen and oxygen atoms in total. The first-order valence-electron chi connectivity index (χ1n) is 7.06. The van der Waals surface area contributed by atoms with Crippen molar-refractivity contribution in [3.63, 3.8) is 0 Å². The number of aromatic nitrogens is 2. The fourth-order valence-corrected chi connectivity index (χ4v) is 1.99. The highest BCUT2D eigenvalue weighted by atomic mass is 16.1. The number of hydrogen-bond donors (Lipinski definition) is 1. The summed E-state index contributed by atoms with van der Waals surface area (Å²) in [5, 5.41) is 2.80. The van der Waals surface area contributed by atoms with E-state index in [0.29, 0.717) is 24.3 Å². The highest BCUT2D eigenvalue weighted by Crippen LogP contribution is 2.11. The first-order valence-corrected chi connectivity index (χ1v) is 7.06. The smallest absolute Gasteiger partial charge is 0.253 e. The number of nitrogens with one attached hydrogen (secondary N) is 1. The highest BCUT2D eigenvalue weighted by Gasteiger charge is 2.05. The molecule has 1 heterocycles. The Morgan fingerprint density at radius 1 is 1.27 bits per heavy atom. The summed E-state index contributed by atoms with van der Waals surface area (Å²) in [7, 11) is 3.89. The van der Waals surface area contributed by atoms with Crippen molar-refractivity contribution in [2.45, 2.75) is 13.5 Å². The Kier molecular flexibility index (Phi) is 4.93. The van der Waals surface area contributed by atoms with Crippen LogP contribution in [0, 0.1) is 6.92 Å². The summed E-state index contributed by atoms with van der Waals surface area (Å²) in [5.74, 6) is -0.154. The molecule has 0 aliphatic heterocycles. The van der Waals surface area contributed by atoms with Crippen molar-refractivity contribution in [1.82, 2.24) is 14.9 Å². The normalized spacial score (nSPS) is 10.3. The lowest BCUT2D eigenvalue weighted by atomic mass is 10.2. The first kappa shape index (κ1) is 15.8. The molecule has 0 fully saturated rings. The molecular formula is C16H20N4O2. The van der Waals surface area contributed by atoms with E-state index in [4.69, 9.17) is 0 Å². The third kappa shape index (κ3) is 3.94. The van der Waals surface area contributed by atoms with Crippen LogP contribution >= 0.6 is 0 Å². The van der Waals surface area contributed by atoms with Crippen molar-refractivity contribution < 1.29 is 4.79 Å². The van der Waals surface area contributed by atoms with Crippen LogP contribution in [0.25, 0.3) is 0 Å². The molecule has 0 bridgehead atoms. The molecular weight excluding hydrogens is 280 g/mol. The van der Waals surface area contributed by atoms with E-state index >= 15 is 0 Å². The van der Waals surface area contributed by atoms with E-state index < -0.39 is 0 Å². The van der Waals surface area contributed by atoms with Gasteiger partial charge in [-0.05, 0) is 31.2 Å². The number of amides is 1. The molecule has 1 amide bonds. The molecule has 0 atom stereocenters. The fourth-order valence-electron chi connectivity index (χ4n) is 1.99. The van der Waals surface area contributed by atoms with Gasteiger partial charge in [0.05, 0.1) is 6.33 Å². The van der Waals surface area contributed by atoms with Gasteiger partial charge in [0.25, 0.3) is 11.5 Å². The van der Waals surface area contributed by atoms with Gasteiger partial charge in [-0.1, -0.05) is 0 Å². The Labute approximate surface area is 129 Å². The number of anilines is 1. The molecule has 22 heavy (non-hydrogen) atoms. The minimum absolute atomic E-state index is 0.114. The topological polar surface area (TPSA) is 67.2 Å². The third-order valence-electron chi connectivity index (χ3n) is 3.30. The van der Waals surface area contributed by atoms with Gasteiger partial charge < -0.3 is 10.2 Å². The van der Waals surface area contributed by atoms with E-state index in [2.05, 4.69) is 10.3 Å². The second-order valence-electron chi connectivity index (χ2n) is 5.26. The van der Waals surface area contributed by atoms with E-state index in [1.165, 1.54) is 17.0 Å². The molecule has 0 spiro atoms. The molecule has 0 radical (unpaired) electrons. The van der Waals surface area contributed by atoms with Crippen LogP contribution in [-0.4, -0.2) is 36.1 Å². The van der Waals surface area contributed by atoms with Crippen LogP contribution in [0.2, 0.25) is 0 Å². The average Bonchev–Trinajstić information content (AvgIpc) is 2.49. The van der Waals surface area contributed by atoms with Gasteiger partial charge in [-0.2, -0.15) is 0 Å². The minimum Gasteiger partial charge on any atom is -0.378 e. The average molecular weight is 300 g/mol. The summed E-state index contributed by atoms with van der Waals surface area (Å²) in [6.07, 6.45) is 1.50. The van der Waals surface area contributed by atoms with Crippen molar-refractivity contribution in [3.8, 4) is 0 Å². The van der Waals surface area contributed by atoms with Gasteiger partial charge in [-0.25, -0.2) is 4.98 Å². The van der Waals surface area contributed by atoms with E-state index in [0.717, 1.165) is 5.69 Å². The van der Waals surface area contributed by atoms with Gasteiger partial charge in [0.15, 0.2) is 0 Å². The molecule has 0 aliphatic rings. The van der Waals surface area contributed by atoms with Crippen LogP contribution in [0.5, 0.6) is 0 Å². The SMILES string of the molecule is Cc1cc(=O)n(CCNC(=O)c2ccc(N(C)C)cc2)cn1. The molecule has 1 N–H and O–H groups in total. The highest BCUT2D eigenvalue weighted by molar-refractivity contribution is 5.94. The van der Waals surface area contributed by atoms with Crippen LogP contribution in [0.4, 0.5) is 5.69 Å².